The van der Waals surface area contributed by atoms with Crippen LogP contribution in [-0.4, -0.2) is 36.7 Å². The fourth-order valence-corrected chi connectivity index (χ4v) is 3.05. The summed E-state index contributed by atoms with van der Waals surface area (Å²) in [6, 6.07) is 0. The van der Waals surface area contributed by atoms with E-state index in [0.29, 0.717) is 0 Å². The molecule has 0 aromatic carbocycles. The summed E-state index contributed by atoms with van der Waals surface area (Å²) in [5, 5.41) is 8.13. The molecule has 7 heteroatoms. The van der Waals surface area contributed by atoms with Gasteiger partial charge in [-0.05, 0) is 13.8 Å². The van der Waals surface area contributed by atoms with Gasteiger partial charge in [-0.3, -0.25) is 9.59 Å². The van der Waals surface area contributed by atoms with Gasteiger partial charge in [0.2, 0.25) is 0 Å². The third-order valence-corrected chi connectivity index (χ3v) is 5.19. The van der Waals surface area contributed by atoms with Crippen molar-refractivity contribution < 1.29 is 43.7 Å². The van der Waals surface area contributed by atoms with Crippen LogP contribution in [0.4, 0.5) is 0 Å². The van der Waals surface area contributed by atoms with Crippen molar-refractivity contribution in [1.29, 1.82) is 0 Å². The van der Waals surface area contributed by atoms with Gasteiger partial charge in [0.1, 0.15) is 11.7 Å². The van der Waals surface area contributed by atoms with Crippen molar-refractivity contribution in [1.82, 2.24) is 0 Å². The molecular weight excluding hydrogens is 348 g/mol. The summed E-state index contributed by atoms with van der Waals surface area (Å²) in [6.45, 7) is 11.5. The number of hydrogen-bond acceptors (Lipinski definition) is 5. The predicted octanol–water partition coefficient (Wildman–Crippen LogP) is 4.10. The number of rotatable bonds is 14. The molecule has 0 rings (SSSR count). The Hall–Kier alpha value is -0.266. The molecule has 143 valence electrons. The number of carboxylic acids is 1. The summed E-state index contributed by atoms with van der Waals surface area (Å²) in [4.78, 5) is 20.1. The number of ketones is 1. The van der Waals surface area contributed by atoms with Gasteiger partial charge in [-0.1, -0.05) is 0 Å². The minimum absolute atomic E-state index is 0.308. The molecule has 0 fully saturated rings. The molecule has 24 heavy (non-hydrogen) atoms. The van der Waals surface area contributed by atoms with Gasteiger partial charge >= 0.3 is 114 Å². The number of carbonyl (C=O) groups is 2. The third kappa shape index (κ3) is 18.1. The molecule has 0 aliphatic heterocycles. The normalized spacial score (nSPS) is 11.4. The van der Waals surface area contributed by atoms with Gasteiger partial charge in [-0.2, -0.15) is 0 Å². The number of carbonyl (C=O) groups excluding carboxylic acids is 1. The fraction of sp³-hybridized carbons (Fsp3) is 0.882. The second kappa shape index (κ2) is 19.1. The predicted molar refractivity (Wildman–Crippen MR) is 90.1 cm³/mol. The van der Waals surface area contributed by atoms with Gasteiger partial charge in [-0.25, -0.2) is 0 Å². The molecule has 0 aromatic heterocycles. The molecule has 0 aromatic rings. The first-order chi connectivity index (χ1) is 11.4. The first-order valence-electron chi connectivity index (χ1n) is 8.89. The number of unbranched alkanes of at least 4 members (excludes halogenated alkanes) is 3. The van der Waals surface area contributed by atoms with E-state index in [2.05, 4.69) is 20.8 Å². The van der Waals surface area contributed by atoms with Crippen LogP contribution in [0.5, 0.6) is 0 Å². The number of Topliss-reactive ketones (excluding diaryl/α,β-unsaturated/α-hetero) is 1. The molecule has 6 nitrogen and oxygen atoms in total. The SMILES string of the molecule is CC(=O)C(C)C(=O)O.CCCC[O][Ti]([O]CCCC)[O]CCCC. The molecule has 0 aliphatic rings. The van der Waals surface area contributed by atoms with Gasteiger partial charge in [0.15, 0.2) is 0 Å². The minimum atomic E-state index is -2.10. The summed E-state index contributed by atoms with van der Waals surface area (Å²) in [5.74, 6) is -2.22. The Morgan fingerprint density at radius 2 is 1.21 bits per heavy atom. The number of carboxylic acid groups (broad SMARTS) is 1. The molecule has 0 saturated carbocycles. The molecular formula is C17H35O6Ti. The zero-order valence-electron chi connectivity index (χ0n) is 15.9. The van der Waals surface area contributed by atoms with E-state index in [1.807, 2.05) is 0 Å². The quantitative estimate of drug-likeness (QED) is 0.276. The van der Waals surface area contributed by atoms with Crippen LogP contribution in [0.25, 0.3) is 0 Å². The second-order valence-corrected chi connectivity index (χ2v) is 7.66. The van der Waals surface area contributed by atoms with Crippen molar-refractivity contribution in [2.75, 3.05) is 19.8 Å². The van der Waals surface area contributed by atoms with Crippen LogP contribution < -0.4 is 0 Å². The van der Waals surface area contributed by atoms with Crippen LogP contribution in [-0.2, 0) is 38.6 Å². The molecule has 0 spiro atoms. The summed E-state index contributed by atoms with van der Waals surface area (Å²) < 4.78 is 17.1. The zero-order chi connectivity index (χ0) is 18.8. The Kier molecular flexibility index (Phi) is 20.6. The van der Waals surface area contributed by atoms with Crippen molar-refractivity contribution in [3.63, 3.8) is 0 Å². The van der Waals surface area contributed by atoms with Crippen LogP contribution in [0.3, 0.4) is 0 Å². The van der Waals surface area contributed by atoms with Crippen LogP contribution in [0.1, 0.15) is 73.1 Å². The second-order valence-electron chi connectivity index (χ2n) is 5.53. The molecule has 1 atom stereocenters. The summed E-state index contributed by atoms with van der Waals surface area (Å²) >= 11 is -2.10. The molecule has 0 amide bonds. The number of hydrogen-bond donors (Lipinski definition) is 1. The topological polar surface area (TPSA) is 82.1 Å². The van der Waals surface area contributed by atoms with E-state index in [1.54, 1.807) is 0 Å². The van der Waals surface area contributed by atoms with Crippen molar-refractivity contribution >= 4 is 11.8 Å². The van der Waals surface area contributed by atoms with Gasteiger partial charge in [-0.15, -0.1) is 0 Å². The van der Waals surface area contributed by atoms with Gasteiger partial charge in [0.25, 0.3) is 0 Å². The van der Waals surface area contributed by atoms with Crippen LogP contribution in [0.15, 0.2) is 0 Å². The monoisotopic (exact) mass is 383 g/mol. The molecule has 0 heterocycles. The maximum atomic E-state index is 10.2. The van der Waals surface area contributed by atoms with Crippen LogP contribution >= 0.6 is 0 Å². The van der Waals surface area contributed by atoms with Crippen molar-refractivity contribution in [2.24, 2.45) is 5.92 Å². The van der Waals surface area contributed by atoms with E-state index in [-0.39, 0.29) is 5.78 Å². The van der Waals surface area contributed by atoms with E-state index >= 15 is 0 Å². The summed E-state index contributed by atoms with van der Waals surface area (Å²) in [6.07, 6.45) is 6.79. The molecule has 1 unspecified atom stereocenters. The molecule has 1 N–H and O–H groups in total. The van der Waals surface area contributed by atoms with Crippen molar-refractivity contribution in [2.45, 2.75) is 73.1 Å². The summed E-state index contributed by atoms with van der Waals surface area (Å²) in [5.41, 5.74) is 0. The molecule has 0 bridgehead atoms. The maximum absolute atomic E-state index is 10.2. The van der Waals surface area contributed by atoms with Crippen LogP contribution in [0, 0.1) is 5.92 Å². The number of aliphatic carboxylic acids is 1. The van der Waals surface area contributed by atoms with E-state index in [4.69, 9.17) is 15.1 Å². The first-order valence-corrected chi connectivity index (χ1v) is 10.8. The summed E-state index contributed by atoms with van der Waals surface area (Å²) in [7, 11) is 0. The molecule has 0 aliphatic carbocycles. The van der Waals surface area contributed by atoms with Crippen LogP contribution in [0.2, 0.25) is 0 Å². The first kappa shape index (κ1) is 26.0. The Morgan fingerprint density at radius 3 is 1.38 bits per heavy atom. The van der Waals surface area contributed by atoms with Gasteiger partial charge < -0.3 is 5.11 Å². The Bertz CT molecular complexity index is 274. The fourth-order valence-electron chi connectivity index (χ4n) is 1.20. The van der Waals surface area contributed by atoms with E-state index in [9.17, 15) is 9.59 Å². The van der Waals surface area contributed by atoms with Crippen molar-refractivity contribution in [3.05, 3.63) is 0 Å². The van der Waals surface area contributed by atoms with Gasteiger partial charge in [0, 0.05) is 0 Å². The standard InChI is InChI=1S/C5H8O3.3C4H9O.Ti/c1-3(4(2)6)5(7)8;3*1-2-3-4-5;/h3H,1-2H3,(H,7,8);3*2-4H2,1H3;/q;3*-1;+3. The average Bonchev–Trinajstić information content (AvgIpc) is 2.54. The van der Waals surface area contributed by atoms with E-state index in [1.165, 1.54) is 13.8 Å². The Morgan fingerprint density at radius 1 is 0.875 bits per heavy atom. The Labute approximate surface area is 154 Å². The van der Waals surface area contributed by atoms with Gasteiger partial charge in [0.05, 0.1) is 0 Å². The average molecular weight is 383 g/mol. The van der Waals surface area contributed by atoms with E-state index < -0.39 is 30.9 Å². The molecule has 0 saturated heterocycles. The third-order valence-electron chi connectivity index (χ3n) is 3.13. The van der Waals surface area contributed by atoms with Crippen molar-refractivity contribution in [3.8, 4) is 0 Å². The molecule has 0 radical (unpaired) electrons. The zero-order valence-corrected chi connectivity index (χ0v) is 17.5. The van der Waals surface area contributed by atoms with E-state index in [0.717, 1.165) is 58.3 Å². The Balaban J connectivity index is 0.